The molecule has 2 aromatic rings. The van der Waals surface area contributed by atoms with Crippen LogP contribution in [0.4, 0.5) is 0 Å². The molecule has 1 unspecified atom stereocenters. The fourth-order valence-electron chi connectivity index (χ4n) is 1.74. The van der Waals surface area contributed by atoms with E-state index in [1.165, 1.54) is 0 Å². The highest BCUT2D eigenvalue weighted by Gasteiger charge is 2.23. The van der Waals surface area contributed by atoms with Gasteiger partial charge in [0, 0.05) is 14.7 Å². The highest BCUT2D eigenvalue weighted by atomic mass is 79.9. The summed E-state index contributed by atoms with van der Waals surface area (Å²) in [6, 6.07) is 9.66. The van der Waals surface area contributed by atoms with E-state index >= 15 is 0 Å². The largest absolute Gasteiger partial charge is 0.490 e. The van der Waals surface area contributed by atoms with Crippen LogP contribution < -0.4 is 4.74 Å². The Morgan fingerprint density at radius 3 is 2.56 bits per heavy atom. The van der Waals surface area contributed by atoms with Crippen molar-refractivity contribution in [2.45, 2.75) is 25.0 Å². The highest BCUT2D eigenvalue weighted by molar-refractivity contribution is 9.10. The lowest BCUT2D eigenvalue weighted by atomic mass is 10.1. The SMILES string of the molecule is OC(c1ccc(OC2CC2)cc1)c1cc(Br)cs1. The molecule has 1 N–H and O–H groups in total. The van der Waals surface area contributed by atoms with Crippen molar-refractivity contribution in [1.82, 2.24) is 0 Å². The molecule has 1 aliphatic carbocycles. The lowest BCUT2D eigenvalue weighted by molar-refractivity contribution is 0.224. The Kier molecular flexibility index (Phi) is 3.41. The first-order valence-electron chi connectivity index (χ1n) is 5.91. The third-order valence-electron chi connectivity index (χ3n) is 2.88. The van der Waals surface area contributed by atoms with E-state index in [4.69, 9.17) is 4.74 Å². The van der Waals surface area contributed by atoms with Crippen LogP contribution in [-0.2, 0) is 0 Å². The van der Waals surface area contributed by atoms with Crippen molar-refractivity contribution in [3.05, 3.63) is 50.6 Å². The van der Waals surface area contributed by atoms with Crippen LogP contribution in [0.3, 0.4) is 0 Å². The summed E-state index contributed by atoms with van der Waals surface area (Å²) in [6.45, 7) is 0. The van der Waals surface area contributed by atoms with Gasteiger partial charge in [-0.3, -0.25) is 0 Å². The topological polar surface area (TPSA) is 29.5 Å². The van der Waals surface area contributed by atoms with Crippen LogP contribution in [0.25, 0.3) is 0 Å². The number of benzene rings is 1. The van der Waals surface area contributed by atoms with Gasteiger partial charge in [-0.2, -0.15) is 0 Å². The quantitative estimate of drug-likeness (QED) is 0.916. The molecule has 2 nitrogen and oxygen atoms in total. The lowest BCUT2D eigenvalue weighted by Gasteiger charge is -2.10. The molecule has 1 fully saturated rings. The number of hydrogen-bond donors (Lipinski definition) is 1. The molecule has 1 heterocycles. The monoisotopic (exact) mass is 324 g/mol. The van der Waals surface area contributed by atoms with E-state index in [1.807, 2.05) is 35.7 Å². The molecular weight excluding hydrogens is 312 g/mol. The first-order chi connectivity index (χ1) is 8.72. The molecule has 94 valence electrons. The number of halogens is 1. The first kappa shape index (κ1) is 12.2. The molecule has 0 amide bonds. The first-order valence-corrected chi connectivity index (χ1v) is 7.58. The van der Waals surface area contributed by atoms with Gasteiger partial charge in [0.05, 0.1) is 6.10 Å². The van der Waals surface area contributed by atoms with Crippen molar-refractivity contribution >= 4 is 27.3 Å². The summed E-state index contributed by atoms with van der Waals surface area (Å²) in [4.78, 5) is 0.942. The summed E-state index contributed by atoms with van der Waals surface area (Å²) in [6.07, 6.45) is 2.17. The summed E-state index contributed by atoms with van der Waals surface area (Å²) in [5.41, 5.74) is 0.896. The number of hydrogen-bond acceptors (Lipinski definition) is 3. The number of rotatable bonds is 4. The highest BCUT2D eigenvalue weighted by Crippen LogP contribution is 2.32. The van der Waals surface area contributed by atoms with Gasteiger partial charge >= 0.3 is 0 Å². The van der Waals surface area contributed by atoms with Crippen molar-refractivity contribution in [3.63, 3.8) is 0 Å². The molecule has 3 rings (SSSR count). The smallest absolute Gasteiger partial charge is 0.119 e. The summed E-state index contributed by atoms with van der Waals surface area (Å²) in [5, 5.41) is 12.2. The molecule has 1 aliphatic rings. The third-order valence-corrected chi connectivity index (χ3v) is 4.63. The zero-order valence-corrected chi connectivity index (χ0v) is 12.1. The van der Waals surface area contributed by atoms with Crippen LogP contribution in [0, 0.1) is 0 Å². The fourth-order valence-corrected chi connectivity index (χ4v) is 3.20. The van der Waals surface area contributed by atoms with Crippen LogP contribution in [0.1, 0.15) is 29.4 Å². The number of aliphatic hydroxyl groups excluding tert-OH is 1. The molecule has 1 saturated carbocycles. The Labute approximate surface area is 118 Å². The Hall–Kier alpha value is -0.840. The maximum Gasteiger partial charge on any atom is 0.119 e. The van der Waals surface area contributed by atoms with Gasteiger partial charge in [-0.25, -0.2) is 0 Å². The molecule has 4 heteroatoms. The molecule has 0 spiro atoms. The van der Waals surface area contributed by atoms with Gasteiger partial charge in [-0.1, -0.05) is 12.1 Å². The van der Waals surface area contributed by atoms with Gasteiger partial charge in [0.15, 0.2) is 0 Å². The van der Waals surface area contributed by atoms with Crippen molar-refractivity contribution in [1.29, 1.82) is 0 Å². The fraction of sp³-hybridized carbons (Fsp3) is 0.286. The standard InChI is InChI=1S/C14H13BrO2S/c15-10-7-13(18-8-10)14(16)9-1-3-11(4-2-9)17-12-5-6-12/h1-4,7-8,12,14,16H,5-6H2. The summed E-state index contributed by atoms with van der Waals surface area (Å²) in [5.74, 6) is 0.890. The van der Waals surface area contributed by atoms with Crippen LogP contribution in [0.2, 0.25) is 0 Å². The van der Waals surface area contributed by atoms with Gasteiger partial charge in [0.2, 0.25) is 0 Å². The molecule has 0 aliphatic heterocycles. The van der Waals surface area contributed by atoms with Gasteiger partial charge < -0.3 is 9.84 Å². The summed E-state index contributed by atoms with van der Waals surface area (Å²) >= 11 is 4.95. The number of thiophene rings is 1. The van der Waals surface area contributed by atoms with Gasteiger partial charge in [0.25, 0.3) is 0 Å². The van der Waals surface area contributed by atoms with Crippen molar-refractivity contribution in [2.75, 3.05) is 0 Å². The van der Waals surface area contributed by atoms with E-state index in [0.717, 1.165) is 33.5 Å². The second kappa shape index (κ2) is 5.03. The van der Waals surface area contributed by atoms with E-state index in [0.29, 0.717) is 6.10 Å². The van der Waals surface area contributed by atoms with E-state index < -0.39 is 6.10 Å². The average molecular weight is 325 g/mol. The molecule has 0 saturated heterocycles. The van der Waals surface area contributed by atoms with Crippen molar-refractivity contribution < 1.29 is 9.84 Å². The zero-order valence-electron chi connectivity index (χ0n) is 9.67. The molecule has 18 heavy (non-hydrogen) atoms. The summed E-state index contributed by atoms with van der Waals surface area (Å²) in [7, 11) is 0. The normalized spacial score (nSPS) is 16.6. The minimum atomic E-state index is -0.559. The van der Waals surface area contributed by atoms with Crippen LogP contribution in [0.15, 0.2) is 40.2 Å². The number of aliphatic hydroxyl groups is 1. The average Bonchev–Trinajstić information content (AvgIpc) is 3.09. The zero-order chi connectivity index (χ0) is 12.5. The second-order valence-corrected chi connectivity index (χ2v) is 6.31. The predicted octanol–water partition coefficient (Wildman–Crippen LogP) is 4.13. The van der Waals surface area contributed by atoms with E-state index in [1.54, 1.807) is 11.3 Å². The maximum absolute atomic E-state index is 10.2. The molecule has 0 bridgehead atoms. The molecule has 1 atom stereocenters. The Morgan fingerprint density at radius 2 is 2.00 bits per heavy atom. The Morgan fingerprint density at radius 1 is 1.28 bits per heavy atom. The Balaban J connectivity index is 1.74. The Bertz CT molecular complexity index is 531. The predicted molar refractivity (Wildman–Crippen MR) is 76.2 cm³/mol. The molecule has 0 radical (unpaired) electrons. The lowest BCUT2D eigenvalue weighted by Crippen LogP contribution is -1.99. The maximum atomic E-state index is 10.2. The van der Waals surface area contributed by atoms with Crippen LogP contribution in [-0.4, -0.2) is 11.2 Å². The molecule has 1 aromatic heterocycles. The molecule has 1 aromatic carbocycles. The minimum Gasteiger partial charge on any atom is -0.490 e. The van der Waals surface area contributed by atoms with Crippen LogP contribution in [0.5, 0.6) is 5.75 Å². The molecular formula is C14H13BrO2S. The third kappa shape index (κ3) is 2.76. The van der Waals surface area contributed by atoms with Gasteiger partial charge in [-0.15, -0.1) is 11.3 Å². The van der Waals surface area contributed by atoms with Gasteiger partial charge in [-0.05, 0) is 52.5 Å². The van der Waals surface area contributed by atoms with E-state index in [-0.39, 0.29) is 0 Å². The van der Waals surface area contributed by atoms with Crippen molar-refractivity contribution in [3.8, 4) is 5.75 Å². The summed E-state index contributed by atoms with van der Waals surface area (Å²) < 4.78 is 6.69. The van der Waals surface area contributed by atoms with E-state index in [2.05, 4.69) is 15.9 Å². The minimum absolute atomic E-state index is 0.411. The van der Waals surface area contributed by atoms with Crippen LogP contribution >= 0.6 is 27.3 Å². The number of ether oxygens (including phenoxy) is 1. The van der Waals surface area contributed by atoms with E-state index in [9.17, 15) is 5.11 Å². The second-order valence-electron chi connectivity index (χ2n) is 4.46. The van der Waals surface area contributed by atoms with Crippen molar-refractivity contribution in [2.24, 2.45) is 0 Å². The van der Waals surface area contributed by atoms with Gasteiger partial charge in [0.1, 0.15) is 11.9 Å².